The van der Waals surface area contributed by atoms with Crippen LogP contribution in [0.15, 0.2) is 28.7 Å². The SMILES string of the molecule is CCC(=O)NC(=S)Nc1cccc(Br)c1. The summed E-state index contributed by atoms with van der Waals surface area (Å²) in [7, 11) is 0. The second kappa shape index (κ2) is 5.82. The molecule has 2 N–H and O–H groups in total. The van der Waals surface area contributed by atoms with Crippen molar-refractivity contribution in [3.8, 4) is 0 Å². The van der Waals surface area contributed by atoms with Crippen LogP contribution < -0.4 is 10.6 Å². The molecule has 0 radical (unpaired) electrons. The van der Waals surface area contributed by atoms with E-state index in [9.17, 15) is 4.79 Å². The zero-order valence-electron chi connectivity index (χ0n) is 8.21. The van der Waals surface area contributed by atoms with E-state index in [1.807, 2.05) is 24.3 Å². The van der Waals surface area contributed by atoms with Gasteiger partial charge >= 0.3 is 0 Å². The third-order valence-corrected chi connectivity index (χ3v) is 2.35. The molecule has 0 aliphatic heterocycles. The highest BCUT2D eigenvalue weighted by molar-refractivity contribution is 9.10. The molecule has 0 spiro atoms. The van der Waals surface area contributed by atoms with Gasteiger partial charge in [0.05, 0.1) is 0 Å². The first kappa shape index (κ1) is 12.1. The molecule has 0 unspecified atom stereocenters. The Labute approximate surface area is 102 Å². The van der Waals surface area contributed by atoms with E-state index in [0.717, 1.165) is 10.2 Å². The summed E-state index contributed by atoms with van der Waals surface area (Å²) in [4.78, 5) is 11.0. The number of anilines is 1. The molecule has 1 aromatic carbocycles. The van der Waals surface area contributed by atoms with Crippen molar-refractivity contribution in [2.45, 2.75) is 13.3 Å². The molecule has 3 nitrogen and oxygen atoms in total. The number of thiocarbonyl (C=S) groups is 1. The number of benzene rings is 1. The molecular formula is C10H11BrN2OS. The smallest absolute Gasteiger partial charge is 0.225 e. The van der Waals surface area contributed by atoms with Gasteiger partial charge in [-0.15, -0.1) is 0 Å². The summed E-state index contributed by atoms with van der Waals surface area (Å²) in [6.07, 6.45) is 0.417. The van der Waals surface area contributed by atoms with Crippen LogP contribution in [0.1, 0.15) is 13.3 Å². The highest BCUT2D eigenvalue weighted by Crippen LogP contribution is 2.15. The molecule has 0 aliphatic carbocycles. The summed E-state index contributed by atoms with van der Waals surface area (Å²) in [5, 5.41) is 5.80. The first-order valence-corrected chi connectivity index (χ1v) is 5.68. The van der Waals surface area contributed by atoms with Crippen LogP contribution in [-0.4, -0.2) is 11.0 Å². The topological polar surface area (TPSA) is 41.1 Å². The van der Waals surface area contributed by atoms with Crippen LogP contribution in [0.5, 0.6) is 0 Å². The Hall–Kier alpha value is -0.940. The molecule has 0 aromatic heterocycles. The summed E-state index contributed by atoms with van der Waals surface area (Å²) in [6, 6.07) is 7.55. The predicted octanol–water partition coefficient (Wildman–Crippen LogP) is 2.67. The average molecular weight is 287 g/mol. The highest BCUT2D eigenvalue weighted by atomic mass is 79.9. The van der Waals surface area contributed by atoms with Crippen molar-refractivity contribution < 1.29 is 4.79 Å². The minimum absolute atomic E-state index is 0.0949. The number of hydrogen-bond acceptors (Lipinski definition) is 2. The van der Waals surface area contributed by atoms with Gasteiger partial charge in [0.15, 0.2) is 5.11 Å². The van der Waals surface area contributed by atoms with Crippen LogP contribution in [0.2, 0.25) is 0 Å². The molecule has 15 heavy (non-hydrogen) atoms. The number of amides is 1. The third-order valence-electron chi connectivity index (χ3n) is 1.66. The summed E-state index contributed by atoms with van der Waals surface area (Å²) < 4.78 is 0.956. The maximum absolute atomic E-state index is 11.0. The fourth-order valence-electron chi connectivity index (χ4n) is 0.944. The van der Waals surface area contributed by atoms with Crippen molar-refractivity contribution in [1.82, 2.24) is 5.32 Å². The molecule has 0 fully saturated rings. The molecule has 80 valence electrons. The van der Waals surface area contributed by atoms with Crippen LogP contribution in [0.25, 0.3) is 0 Å². The number of nitrogens with one attached hydrogen (secondary N) is 2. The van der Waals surface area contributed by atoms with Crippen molar-refractivity contribution in [2.75, 3.05) is 5.32 Å². The molecule has 0 aliphatic rings. The normalized spacial score (nSPS) is 9.47. The molecule has 5 heteroatoms. The van der Waals surface area contributed by atoms with Crippen molar-refractivity contribution in [3.63, 3.8) is 0 Å². The molecule has 1 rings (SSSR count). The summed E-state index contributed by atoms with van der Waals surface area (Å²) in [5.41, 5.74) is 0.839. The quantitative estimate of drug-likeness (QED) is 0.822. The van der Waals surface area contributed by atoms with Crippen LogP contribution in [0.3, 0.4) is 0 Å². The van der Waals surface area contributed by atoms with Gasteiger partial charge in [0.2, 0.25) is 5.91 Å². The van der Waals surface area contributed by atoms with Gasteiger partial charge in [-0.1, -0.05) is 28.9 Å². The minimum atomic E-state index is -0.0949. The zero-order chi connectivity index (χ0) is 11.3. The first-order chi connectivity index (χ1) is 7.11. The number of carbonyl (C=O) groups excluding carboxylic acids is 1. The molecule has 0 saturated heterocycles. The van der Waals surface area contributed by atoms with E-state index in [0.29, 0.717) is 11.5 Å². The number of carbonyl (C=O) groups is 1. The van der Waals surface area contributed by atoms with Gasteiger partial charge in [0, 0.05) is 16.6 Å². The fourth-order valence-corrected chi connectivity index (χ4v) is 1.57. The Balaban J connectivity index is 2.55. The molecule has 0 heterocycles. The second-order valence-corrected chi connectivity index (χ2v) is 4.19. The molecular weight excluding hydrogens is 276 g/mol. The third kappa shape index (κ3) is 4.40. The van der Waals surface area contributed by atoms with E-state index in [4.69, 9.17) is 12.2 Å². The fraction of sp³-hybridized carbons (Fsp3) is 0.200. The lowest BCUT2D eigenvalue weighted by Crippen LogP contribution is -2.33. The Morgan fingerprint density at radius 3 is 2.87 bits per heavy atom. The largest absolute Gasteiger partial charge is 0.332 e. The van der Waals surface area contributed by atoms with Crippen molar-refractivity contribution in [2.24, 2.45) is 0 Å². The van der Waals surface area contributed by atoms with Gasteiger partial charge in [-0.25, -0.2) is 0 Å². The Morgan fingerprint density at radius 2 is 2.27 bits per heavy atom. The number of hydrogen-bond donors (Lipinski definition) is 2. The van der Waals surface area contributed by atoms with E-state index in [-0.39, 0.29) is 5.91 Å². The Morgan fingerprint density at radius 1 is 1.53 bits per heavy atom. The number of rotatable bonds is 2. The van der Waals surface area contributed by atoms with E-state index in [1.165, 1.54) is 0 Å². The molecule has 1 aromatic rings. The van der Waals surface area contributed by atoms with Gasteiger partial charge in [-0.05, 0) is 30.4 Å². The molecule has 0 saturated carbocycles. The highest BCUT2D eigenvalue weighted by Gasteiger charge is 2.01. The summed E-state index contributed by atoms with van der Waals surface area (Å²) in [6.45, 7) is 1.77. The van der Waals surface area contributed by atoms with Crippen LogP contribution >= 0.6 is 28.1 Å². The average Bonchev–Trinajstić information content (AvgIpc) is 2.17. The van der Waals surface area contributed by atoms with Gasteiger partial charge < -0.3 is 10.6 Å². The van der Waals surface area contributed by atoms with E-state index >= 15 is 0 Å². The molecule has 1 amide bonds. The predicted molar refractivity (Wildman–Crippen MR) is 68.8 cm³/mol. The zero-order valence-corrected chi connectivity index (χ0v) is 10.6. The van der Waals surface area contributed by atoms with Crippen molar-refractivity contribution in [3.05, 3.63) is 28.7 Å². The van der Waals surface area contributed by atoms with E-state index in [2.05, 4.69) is 26.6 Å². The van der Waals surface area contributed by atoms with Crippen LogP contribution in [0.4, 0.5) is 5.69 Å². The maximum atomic E-state index is 11.0. The monoisotopic (exact) mass is 286 g/mol. The lowest BCUT2D eigenvalue weighted by Gasteiger charge is -2.08. The van der Waals surface area contributed by atoms with Crippen molar-refractivity contribution in [1.29, 1.82) is 0 Å². The lowest BCUT2D eigenvalue weighted by atomic mass is 10.3. The van der Waals surface area contributed by atoms with Crippen molar-refractivity contribution >= 4 is 44.9 Å². The van der Waals surface area contributed by atoms with Gasteiger partial charge in [-0.2, -0.15) is 0 Å². The van der Waals surface area contributed by atoms with E-state index < -0.39 is 0 Å². The number of halogens is 1. The molecule has 0 bridgehead atoms. The standard InChI is InChI=1S/C10H11BrN2OS/c1-2-9(14)13-10(15)12-8-5-3-4-7(11)6-8/h3-6H,2H2,1H3,(H2,12,13,14,15). The Bertz CT molecular complexity index is 381. The van der Waals surface area contributed by atoms with Gasteiger partial charge in [-0.3, -0.25) is 4.79 Å². The minimum Gasteiger partial charge on any atom is -0.332 e. The summed E-state index contributed by atoms with van der Waals surface area (Å²) in [5.74, 6) is -0.0949. The lowest BCUT2D eigenvalue weighted by molar-refractivity contribution is -0.119. The van der Waals surface area contributed by atoms with Crippen LogP contribution in [-0.2, 0) is 4.79 Å². The maximum Gasteiger partial charge on any atom is 0.225 e. The Kier molecular flexibility index (Phi) is 4.71. The van der Waals surface area contributed by atoms with Crippen LogP contribution in [0, 0.1) is 0 Å². The summed E-state index contributed by atoms with van der Waals surface area (Å²) >= 11 is 8.31. The second-order valence-electron chi connectivity index (χ2n) is 2.87. The first-order valence-electron chi connectivity index (χ1n) is 4.48. The van der Waals surface area contributed by atoms with Gasteiger partial charge in [0.25, 0.3) is 0 Å². The molecule has 0 atom stereocenters. The van der Waals surface area contributed by atoms with E-state index in [1.54, 1.807) is 6.92 Å². The van der Waals surface area contributed by atoms with Gasteiger partial charge in [0.1, 0.15) is 0 Å².